The van der Waals surface area contributed by atoms with Gasteiger partial charge in [-0.05, 0) is 43.0 Å². The van der Waals surface area contributed by atoms with E-state index >= 15 is 0 Å². The number of nitrogens with one attached hydrogen (secondary N) is 2. The number of anilines is 3. The molecular weight excluding hydrogens is 357 g/mol. The van der Waals surface area contributed by atoms with Gasteiger partial charge in [0, 0.05) is 17.7 Å². The zero-order chi connectivity index (χ0) is 19.6. The van der Waals surface area contributed by atoms with Crippen molar-refractivity contribution in [1.82, 2.24) is 9.97 Å². The van der Waals surface area contributed by atoms with Crippen molar-refractivity contribution in [3.63, 3.8) is 0 Å². The number of alkyl halides is 3. The zero-order valence-electron chi connectivity index (χ0n) is 15.2. The molecule has 1 saturated carbocycles. The van der Waals surface area contributed by atoms with E-state index in [1.807, 2.05) is 19.9 Å². The number of rotatable bonds is 7. The third-order valence-electron chi connectivity index (χ3n) is 4.54. The largest absolute Gasteiger partial charge is 0.416 e. The lowest BCUT2D eigenvalue weighted by Crippen LogP contribution is -2.30. The average molecular weight is 380 g/mol. The Morgan fingerprint density at radius 3 is 2.33 bits per heavy atom. The molecule has 146 valence electrons. The molecule has 0 unspecified atom stereocenters. The van der Waals surface area contributed by atoms with Crippen LogP contribution in [0.2, 0.25) is 0 Å². The van der Waals surface area contributed by atoms with Gasteiger partial charge in [-0.2, -0.15) is 18.2 Å². The monoisotopic (exact) mass is 380 g/mol. The number of aliphatic hydroxyl groups excluding tert-OH is 1. The lowest BCUT2D eigenvalue weighted by atomic mass is 10.1. The van der Waals surface area contributed by atoms with Gasteiger partial charge in [-0.15, -0.1) is 0 Å². The second kappa shape index (κ2) is 7.72. The van der Waals surface area contributed by atoms with E-state index in [1.165, 1.54) is 12.1 Å². The second-order valence-electron chi connectivity index (χ2n) is 7.15. The lowest BCUT2D eigenvalue weighted by Gasteiger charge is -2.20. The minimum absolute atomic E-state index is 0.0453. The summed E-state index contributed by atoms with van der Waals surface area (Å²) in [5.74, 6) is 1.49. The Morgan fingerprint density at radius 1 is 1.15 bits per heavy atom. The van der Waals surface area contributed by atoms with Gasteiger partial charge in [0.2, 0.25) is 5.95 Å². The van der Waals surface area contributed by atoms with Crippen molar-refractivity contribution < 1.29 is 18.3 Å². The molecule has 1 heterocycles. The summed E-state index contributed by atoms with van der Waals surface area (Å²) in [4.78, 5) is 8.95. The van der Waals surface area contributed by atoms with Crippen molar-refractivity contribution in [2.45, 2.75) is 44.8 Å². The molecule has 27 heavy (non-hydrogen) atoms. The molecule has 3 N–H and O–H groups in total. The Bertz CT molecular complexity index is 774. The van der Waals surface area contributed by atoms with E-state index in [-0.39, 0.29) is 18.6 Å². The van der Waals surface area contributed by atoms with E-state index in [9.17, 15) is 18.3 Å². The molecule has 2 aromatic rings. The maximum atomic E-state index is 12.7. The van der Waals surface area contributed by atoms with Gasteiger partial charge in [-0.1, -0.05) is 13.8 Å². The fraction of sp³-hybridized carbons (Fsp3) is 0.474. The van der Waals surface area contributed by atoms with Gasteiger partial charge in [0.05, 0.1) is 23.9 Å². The van der Waals surface area contributed by atoms with Crippen LogP contribution in [0.3, 0.4) is 0 Å². The molecule has 3 rings (SSSR count). The average Bonchev–Trinajstić information content (AvgIpc) is 3.44. The number of hydrogen-bond acceptors (Lipinski definition) is 5. The summed E-state index contributed by atoms with van der Waals surface area (Å²) in [5.41, 5.74) is 0.707. The minimum Gasteiger partial charge on any atom is -0.394 e. The maximum Gasteiger partial charge on any atom is 0.416 e. The molecule has 1 aliphatic carbocycles. The van der Waals surface area contributed by atoms with Crippen LogP contribution >= 0.6 is 0 Å². The SMILES string of the molecule is CC(C)[C@H](CO)Nc1nc(Nc2ccc(C(F)(F)F)cc2)cc(C2CC2)n1. The van der Waals surface area contributed by atoms with Crippen molar-refractivity contribution in [2.24, 2.45) is 5.92 Å². The first-order valence-electron chi connectivity index (χ1n) is 8.97. The van der Waals surface area contributed by atoms with Crippen LogP contribution in [0.5, 0.6) is 0 Å². The Morgan fingerprint density at radius 2 is 1.81 bits per heavy atom. The van der Waals surface area contributed by atoms with Crippen molar-refractivity contribution in [3.05, 3.63) is 41.6 Å². The molecule has 0 amide bonds. The fourth-order valence-electron chi connectivity index (χ4n) is 2.66. The van der Waals surface area contributed by atoms with Gasteiger partial charge >= 0.3 is 6.18 Å². The highest BCUT2D eigenvalue weighted by Crippen LogP contribution is 2.40. The quantitative estimate of drug-likeness (QED) is 0.658. The summed E-state index contributed by atoms with van der Waals surface area (Å²) >= 11 is 0. The molecule has 0 spiro atoms. The van der Waals surface area contributed by atoms with Crippen molar-refractivity contribution in [2.75, 3.05) is 17.2 Å². The van der Waals surface area contributed by atoms with Crippen LogP contribution in [-0.2, 0) is 6.18 Å². The van der Waals surface area contributed by atoms with Gasteiger partial charge in [0.25, 0.3) is 0 Å². The predicted molar refractivity (Wildman–Crippen MR) is 98.1 cm³/mol. The van der Waals surface area contributed by atoms with Crippen LogP contribution in [0, 0.1) is 5.92 Å². The summed E-state index contributed by atoms with van der Waals surface area (Å²) in [7, 11) is 0. The summed E-state index contributed by atoms with van der Waals surface area (Å²) in [5, 5.41) is 15.7. The van der Waals surface area contributed by atoms with E-state index < -0.39 is 11.7 Å². The van der Waals surface area contributed by atoms with Crippen LogP contribution in [0.1, 0.15) is 43.9 Å². The standard InChI is InChI=1S/C19H23F3N4O/c1-11(2)16(10-27)25-18-24-15(12-3-4-12)9-17(26-18)23-14-7-5-13(6-8-14)19(20,21)22/h5-9,11-12,16,27H,3-4,10H2,1-2H3,(H2,23,24,25,26)/t16-/m0/s1. The Hall–Kier alpha value is -2.35. The Kier molecular flexibility index (Phi) is 5.55. The number of benzene rings is 1. The molecule has 1 fully saturated rings. The van der Waals surface area contributed by atoms with Crippen molar-refractivity contribution in [1.29, 1.82) is 0 Å². The summed E-state index contributed by atoms with van der Waals surface area (Å²) in [6, 6.07) is 6.46. The number of aromatic nitrogens is 2. The van der Waals surface area contributed by atoms with Gasteiger partial charge in [0.15, 0.2) is 0 Å². The third kappa shape index (κ3) is 5.09. The van der Waals surface area contributed by atoms with E-state index in [2.05, 4.69) is 20.6 Å². The molecule has 8 heteroatoms. The molecule has 0 radical (unpaired) electrons. The van der Waals surface area contributed by atoms with Gasteiger partial charge in [-0.3, -0.25) is 0 Å². The van der Waals surface area contributed by atoms with Crippen LogP contribution in [0.25, 0.3) is 0 Å². The van der Waals surface area contributed by atoms with E-state index in [1.54, 1.807) is 0 Å². The van der Waals surface area contributed by atoms with E-state index in [0.717, 1.165) is 30.7 Å². The van der Waals surface area contributed by atoms with Crippen LogP contribution < -0.4 is 10.6 Å². The van der Waals surface area contributed by atoms with Crippen molar-refractivity contribution >= 4 is 17.5 Å². The predicted octanol–water partition coefficient (Wildman–Crippen LogP) is 4.55. The first-order valence-corrected chi connectivity index (χ1v) is 8.97. The highest BCUT2D eigenvalue weighted by atomic mass is 19.4. The highest BCUT2D eigenvalue weighted by Gasteiger charge is 2.30. The van der Waals surface area contributed by atoms with E-state index in [4.69, 9.17) is 0 Å². The molecule has 5 nitrogen and oxygen atoms in total. The molecule has 1 aromatic heterocycles. The normalized spacial score (nSPS) is 15.7. The Balaban J connectivity index is 1.82. The smallest absolute Gasteiger partial charge is 0.394 e. The number of hydrogen-bond donors (Lipinski definition) is 3. The first kappa shape index (κ1) is 19.4. The van der Waals surface area contributed by atoms with Crippen LogP contribution in [0.15, 0.2) is 30.3 Å². The third-order valence-corrected chi connectivity index (χ3v) is 4.54. The van der Waals surface area contributed by atoms with Crippen molar-refractivity contribution in [3.8, 4) is 0 Å². The number of halogens is 3. The Labute approximate surface area is 156 Å². The van der Waals surface area contributed by atoms with Crippen LogP contribution in [-0.4, -0.2) is 27.7 Å². The first-order chi connectivity index (χ1) is 12.8. The number of nitrogens with zero attached hydrogens (tertiary/aromatic N) is 2. The minimum atomic E-state index is -4.36. The molecular formula is C19H23F3N4O. The maximum absolute atomic E-state index is 12.7. The second-order valence-corrected chi connectivity index (χ2v) is 7.15. The summed E-state index contributed by atoms with van der Waals surface area (Å²) in [6.45, 7) is 3.93. The molecule has 1 aromatic carbocycles. The fourth-order valence-corrected chi connectivity index (χ4v) is 2.66. The van der Waals surface area contributed by atoms with E-state index in [0.29, 0.717) is 23.4 Å². The molecule has 0 aliphatic heterocycles. The topological polar surface area (TPSA) is 70.1 Å². The summed E-state index contributed by atoms with van der Waals surface area (Å²) in [6.07, 6.45) is -2.24. The van der Waals surface area contributed by atoms with Gasteiger partial charge < -0.3 is 15.7 Å². The molecule has 0 bridgehead atoms. The highest BCUT2D eigenvalue weighted by molar-refractivity contribution is 5.58. The van der Waals surface area contributed by atoms with Gasteiger partial charge in [-0.25, -0.2) is 4.98 Å². The number of aliphatic hydroxyl groups is 1. The lowest BCUT2D eigenvalue weighted by molar-refractivity contribution is -0.137. The molecule has 1 aliphatic rings. The molecule has 1 atom stereocenters. The molecule has 0 saturated heterocycles. The van der Waals surface area contributed by atoms with Crippen LogP contribution in [0.4, 0.5) is 30.6 Å². The van der Waals surface area contributed by atoms with Gasteiger partial charge in [0.1, 0.15) is 5.82 Å². The zero-order valence-corrected chi connectivity index (χ0v) is 15.2. The summed E-state index contributed by atoms with van der Waals surface area (Å²) < 4.78 is 38.1.